The molecule has 82 valence electrons. The molecule has 1 aliphatic heterocycles. The van der Waals surface area contributed by atoms with Crippen LogP contribution in [-0.2, 0) is 9.59 Å². The Morgan fingerprint density at radius 1 is 1.06 bits per heavy atom. The van der Waals surface area contributed by atoms with Crippen LogP contribution in [0.4, 0.5) is 0 Å². The maximum absolute atomic E-state index is 11.1. The van der Waals surface area contributed by atoms with Crippen LogP contribution in [0, 0.1) is 20.8 Å². The number of hydrogen-bond donors (Lipinski definition) is 0. The zero-order chi connectivity index (χ0) is 11.9. The van der Waals surface area contributed by atoms with Crippen LogP contribution in [0.25, 0.3) is 0 Å². The first-order valence-corrected chi connectivity index (χ1v) is 5.73. The van der Waals surface area contributed by atoms with Gasteiger partial charge in [-0.25, -0.2) is 0 Å². The largest absolute Gasteiger partial charge is 0.325 e. The molecule has 0 N–H and O–H groups in total. The molecule has 0 atom stereocenters. The molecule has 0 bridgehead atoms. The van der Waals surface area contributed by atoms with Crippen LogP contribution in [0.2, 0.25) is 0 Å². The van der Waals surface area contributed by atoms with Crippen LogP contribution in [0.1, 0.15) is 22.3 Å². The molecule has 0 unspecified atom stereocenters. The Kier molecular flexibility index (Phi) is 2.68. The van der Waals surface area contributed by atoms with E-state index in [1.807, 2.05) is 32.9 Å². The van der Waals surface area contributed by atoms with Gasteiger partial charge in [-0.15, -0.1) is 0 Å². The van der Waals surface area contributed by atoms with E-state index in [2.05, 4.69) is 4.99 Å². The number of rotatable bonds is 1. The number of amides is 1. The molecule has 1 heterocycles. The molecule has 0 saturated carbocycles. The van der Waals surface area contributed by atoms with E-state index >= 15 is 0 Å². The predicted octanol–water partition coefficient (Wildman–Crippen LogP) is 2.16. The first-order valence-electron chi connectivity index (χ1n) is 4.92. The summed E-state index contributed by atoms with van der Waals surface area (Å²) in [4.78, 5) is 26.0. The molecule has 0 fully saturated rings. The highest BCUT2D eigenvalue weighted by atomic mass is 32.2. The van der Waals surface area contributed by atoms with E-state index in [1.165, 1.54) is 5.56 Å². The first kappa shape index (κ1) is 11.1. The molecule has 0 aliphatic carbocycles. The summed E-state index contributed by atoms with van der Waals surface area (Å²) in [6.45, 7) is 5.95. The van der Waals surface area contributed by atoms with E-state index in [0.29, 0.717) is 5.04 Å². The summed E-state index contributed by atoms with van der Waals surface area (Å²) in [5.74, 6) is -0.653. The molecule has 1 aromatic carbocycles. The standard InChI is InChI=1S/C12H11NO2S/c1-6-4-7(2)9(8(3)5-6)11-13-10(14)12(15)16-11/h4-5H,1-3H3. The van der Waals surface area contributed by atoms with Crippen molar-refractivity contribution in [3.05, 3.63) is 34.4 Å². The fourth-order valence-corrected chi connectivity index (χ4v) is 2.78. The Morgan fingerprint density at radius 2 is 1.62 bits per heavy atom. The summed E-state index contributed by atoms with van der Waals surface area (Å²) in [7, 11) is 0. The summed E-state index contributed by atoms with van der Waals surface area (Å²) >= 11 is 0.922. The molecule has 1 aromatic rings. The molecule has 0 saturated heterocycles. The summed E-state index contributed by atoms with van der Waals surface area (Å²) < 4.78 is 0. The van der Waals surface area contributed by atoms with Crippen molar-refractivity contribution in [1.29, 1.82) is 0 Å². The number of aryl methyl sites for hydroxylation is 3. The van der Waals surface area contributed by atoms with E-state index in [1.54, 1.807) is 0 Å². The SMILES string of the molecule is Cc1cc(C)c(C2=NC(=O)C(=O)S2)c(C)c1. The quantitative estimate of drug-likeness (QED) is 0.698. The molecule has 16 heavy (non-hydrogen) atoms. The van der Waals surface area contributed by atoms with Crippen molar-refractivity contribution in [1.82, 2.24) is 0 Å². The van der Waals surface area contributed by atoms with Gasteiger partial charge in [0.1, 0.15) is 5.04 Å². The molecule has 4 heteroatoms. The molecule has 1 amide bonds. The average molecular weight is 233 g/mol. The fourth-order valence-electron chi connectivity index (χ4n) is 1.92. The smallest absolute Gasteiger partial charge is 0.275 e. The van der Waals surface area contributed by atoms with Gasteiger partial charge >= 0.3 is 5.91 Å². The number of nitrogens with zero attached hydrogens (tertiary/aromatic N) is 1. The molecule has 2 rings (SSSR count). The van der Waals surface area contributed by atoms with Crippen molar-refractivity contribution in [2.24, 2.45) is 4.99 Å². The van der Waals surface area contributed by atoms with Crippen LogP contribution in [0.15, 0.2) is 17.1 Å². The van der Waals surface area contributed by atoms with Crippen LogP contribution < -0.4 is 0 Å². The predicted molar refractivity (Wildman–Crippen MR) is 64.8 cm³/mol. The lowest BCUT2D eigenvalue weighted by atomic mass is 10.0. The van der Waals surface area contributed by atoms with Crippen molar-refractivity contribution in [2.75, 3.05) is 0 Å². The molecule has 0 radical (unpaired) electrons. The molecule has 3 nitrogen and oxygen atoms in total. The van der Waals surface area contributed by atoms with Gasteiger partial charge in [0.05, 0.1) is 0 Å². The molecule has 1 aliphatic rings. The lowest BCUT2D eigenvalue weighted by Crippen LogP contribution is -2.01. The Labute approximate surface area is 98.0 Å². The van der Waals surface area contributed by atoms with Gasteiger partial charge in [0, 0.05) is 5.56 Å². The van der Waals surface area contributed by atoms with E-state index in [4.69, 9.17) is 0 Å². The summed E-state index contributed by atoms with van der Waals surface area (Å²) in [5, 5.41) is 0.0411. The number of hydrogen-bond acceptors (Lipinski definition) is 3. The number of carbonyl (C=O) groups is 2. The monoisotopic (exact) mass is 233 g/mol. The minimum absolute atomic E-state index is 0.491. The maximum Gasteiger partial charge on any atom is 0.325 e. The van der Waals surface area contributed by atoms with Crippen molar-refractivity contribution < 1.29 is 9.59 Å². The Hall–Kier alpha value is -1.42. The molecular formula is C12H11NO2S. The minimum atomic E-state index is -0.653. The normalized spacial score (nSPS) is 15.6. The van der Waals surface area contributed by atoms with Crippen molar-refractivity contribution in [3.8, 4) is 0 Å². The van der Waals surface area contributed by atoms with Crippen LogP contribution in [-0.4, -0.2) is 16.1 Å². The highest BCUT2D eigenvalue weighted by Gasteiger charge is 2.27. The van der Waals surface area contributed by atoms with Gasteiger partial charge < -0.3 is 0 Å². The topological polar surface area (TPSA) is 46.5 Å². The summed E-state index contributed by atoms with van der Waals surface area (Å²) in [6.07, 6.45) is 0. The van der Waals surface area contributed by atoms with E-state index in [0.717, 1.165) is 28.5 Å². The van der Waals surface area contributed by atoms with Gasteiger partial charge in [0.15, 0.2) is 0 Å². The molecule has 0 aromatic heterocycles. The Morgan fingerprint density at radius 3 is 2.06 bits per heavy atom. The zero-order valence-corrected chi connectivity index (χ0v) is 10.1. The lowest BCUT2D eigenvalue weighted by Gasteiger charge is -2.09. The summed E-state index contributed by atoms with van der Waals surface area (Å²) in [6, 6.07) is 4.05. The molecular weight excluding hydrogens is 222 g/mol. The Bertz CT molecular complexity index is 509. The highest BCUT2D eigenvalue weighted by molar-refractivity contribution is 8.29. The van der Waals surface area contributed by atoms with Crippen molar-refractivity contribution in [2.45, 2.75) is 20.8 Å². The van der Waals surface area contributed by atoms with E-state index in [-0.39, 0.29) is 0 Å². The second kappa shape index (κ2) is 3.87. The van der Waals surface area contributed by atoms with Gasteiger partial charge in [0.25, 0.3) is 5.12 Å². The fraction of sp³-hybridized carbons (Fsp3) is 0.250. The zero-order valence-electron chi connectivity index (χ0n) is 9.33. The van der Waals surface area contributed by atoms with Crippen molar-refractivity contribution >= 4 is 27.8 Å². The first-order chi connectivity index (χ1) is 7.49. The number of thioether (sulfide) groups is 1. The third kappa shape index (κ3) is 1.80. The third-order valence-electron chi connectivity index (χ3n) is 2.46. The second-order valence-electron chi connectivity index (χ2n) is 3.89. The highest BCUT2D eigenvalue weighted by Crippen LogP contribution is 2.27. The van der Waals surface area contributed by atoms with Gasteiger partial charge in [-0.1, -0.05) is 17.7 Å². The van der Waals surface area contributed by atoms with Gasteiger partial charge in [-0.2, -0.15) is 4.99 Å². The number of benzene rings is 1. The van der Waals surface area contributed by atoms with Gasteiger partial charge in [-0.05, 0) is 43.7 Å². The minimum Gasteiger partial charge on any atom is -0.275 e. The average Bonchev–Trinajstić information content (AvgIpc) is 2.44. The van der Waals surface area contributed by atoms with Crippen LogP contribution >= 0.6 is 11.8 Å². The third-order valence-corrected chi connectivity index (χ3v) is 3.31. The number of aliphatic imine (C=N–C) groups is 1. The lowest BCUT2D eigenvalue weighted by molar-refractivity contribution is -0.130. The van der Waals surface area contributed by atoms with Gasteiger partial charge in [-0.3, -0.25) is 9.59 Å². The maximum atomic E-state index is 11.1. The number of carbonyl (C=O) groups excluding carboxylic acids is 2. The van der Waals surface area contributed by atoms with Gasteiger partial charge in [0.2, 0.25) is 0 Å². The van der Waals surface area contributed by atoms with Crippen LogP contribution in [0.3, 0.4) is 0 Å². The van der Waals surface area contributed by atoms with E-state index in [9.17, 15) is 9.59 Å². The van der Waals surface area contributed by atoms with Crippen LogP contribution in [0.5, 0.6) is 0 Å². The second-order valence-corrected chi connectivity index (χ2v) is 4.85. The van der Waals surface area contributed by atoms with Crippen molar-refractivity contribution in [3.63, 3.8) is 0 Å². The molecule has 0 spiro atoms. The van der Waals surface area contributed by atoms with E-state index < -0.39 is 11.0 Å². The summed E-state index contributed by atoms with van der Waals surface area (Å²) in [5.41, 5.74) is 4.17. The Balaban J connectivity index is 2.54.